The molecule has 3 atom stereocenters. The molecule has 2 aromatic carbocycles. The molecule has 37 heavy (non-hydrogen) atoms. The van der Waals surface area contributed by atoms with Gasteiger partial charge in [-0.25, -0.2) is 0 Å². The van der Waals surface area contributed by atoms with Crippen LogP contribution in [0.15, 0.2) is 59.1 Å². The van der Waals surface area contributed by atoms with Crippen LogP contribution in [0.4, 0.5) is 0 Å². The van der Waals surface area contributed by atoms with E-state index < -0.39 is 0 Å². The number of methoxy groups -OCH3 is 1. The summed E-state index contributed by atoms with van der Waals surface area (Å²) in [4.78, 5) is 33.7. The van der Waals surface area contributed by atoms with Crippen LogP contribution in [-0.2, 0) is 11.2 Å². The maximum atomic E-state index is 13.8. The molecule has 8 heteroatoms. The van der Waals surface area contributed by atoms with Crippen molar-refractivity contribution in [2.45, 2.75) is 56.9 Å². The Kier molecular flexibility index (Phi) is 7.82. The maximum absolute atomic E-state index is 13.8. The van der Waals surface area contributed by atoms with E-state index in [4.69, 9.17) is 9.26 Å². The fourth-order valence-corrected chi connectivity index (χ4v) is 5.55. The van der Waals surface area contributed by atoms with Crippen molar-refractivity contribution in [1.82, 2.24) is 20.4 Å². The van der Waals surface area contributed by atoms with E-state index in [1.54, 1.807) is 31.4 Å². The molecule has 1 saturated carbocycles. The first-order chi connectivity index (χ1) is 18.1. The van der Waals surface area contributed by atoms with Crippen molar-refractivity contribution in [3.05, 3.63) is 77.4 Å². The van der Waals surface area contributed by atoms with Crippen molar-refractivity contribution >= 4 is 11.8 Å². The first-order valence-electron chi connectivity index (χ1n) is 13.2. The SMILES string of the molecule is COc1ccc(C(=O)N2CCCCCCNC(=O)[C@@H]3C[C@@H](c4nc(Cc5ccccc5)no4)C[C@@H]32)cc1. The van der Waals surface area contributed by atoms with Crippen molar-refractivity contribution < 1.29 is 18.8 Å². The summed E-state index contributed by atoms with van der Waals surface area (Å²) in [6.45, 7) is 1.29. The lowest BCUT2D eigenvalue weighted by atomic mass is 9.99. The van der Waals surface area contributed by atoms with Crippen LogP contribution in [0.2, 0.25) is 0 Å². The minimum atomic E-state index is -0.324. The summed E-state index contributed by atoms with van der Waals surface area (Å²) in [6, 6.07) is 17.0. The zero-order chi connectivity index (χ0) is 25.6. The third kappa shape index (κ3) is 5.84. The van der Waals surface area contributed by atoms with E-state index in [0.29, 0.717) is 55.4 Å². The number of hydrogen-bond donors (Lipinski definition) is 1. The first kappa shape index (κ1) is 25.0. The number of amides is 2. The third-order valence-electron chi connectivity index (χ3n) is 7.53. The highest BCUT2D eigenvalue weighted by molar-refractivity contribution is 5.95. The van der Waals surface area contributed by atoms with Crippen LogP contribution in [0, 0.1) is 5.92 Å². The molecule has 0 radical (unpaired) electrons. The summed E-state index contributed by atoms with van der Waals surface area (Å²) in [6.07, 6.45) is 5.71. The van der Waals surface area contributed by atoms with E-state index in [0.717, 1.165) is 31.2 Å². The Morgan fingerprint density at radius 2 is 1.84 bits per heavy atom. The van der Waals surface area contributed by atoms with Gasteiger partial charge >= 0.3 is 0 Å². The van der Waals surface area contributed by atoms with Gasteiger partial charge in [-0.15, -0.1) is 0 Å². The zero-order valence-corrected chi connectivity index (χ0v) is 21.3. The first-order valence-corrected chi connectivity index (χ1v) is 13.2. The highest BCUT2D eigenvalue weighted by Gasteiger charge is 2.45. The van der Waals surface area contributed by atoms with Crippen LogP contribution in [0.3, 0.4) is 0 Å². The summed E-state index contributed by atoms with van der Waals surface area (Å²) >= 11 is 0. The molecular weight excluding hydrogens is 468 g/mol. The molecule has 1 aliphatic heterocycles. The Morgan fingerprint density at radius 1 is 1.05 bits per heavy atom. The minimum absolute atomic E-state index is 0.00551. The molecule has 2 heterocycles. The summed E-state index contributed by atoms with van der Waals surface area (Å²) in [5.41, 5.74) is 1.71. The van der Waals surface area contributed by atoms with E-state index in [1.807, 2.05) is 35.2 Å². The van der Waals surface area contributed by atoms with Gasteiger partial charge in [-0.05, 0) is 55.5 Å². The number of fused-ring (bicyclic) bond motifs is 1. The Balaban J connectivity index is 1.39. The summed E-state index contributed by atoms with van der Waals surface area (Å²) in [7, 11) is 1.61. The molecule has 5 rings (SSSR count). The number of hydrogen-bond acceptors (Lipinski definition) is 6. The lowest BCUT2D eigenvalue weighted by molar-refractivity contribution is -0.126. The molecule has 1 aromatic heterocycles. The number of ether oxygens (including phenoxy) is 1. The zero-order valence-electron chi connectivity index (χ0n) is 21.3. The molecule has 0 bridgehead atoms. The normalized spacial score (nSPS) is 22.6. The molecule has 1 saturated heterocycles. The molecule has 1 N–H and O–H groups in total. The lowest BCUT2D eigenvalue weighted by Gasteiger charge is -2.32. The van der Waals surface area contributed by atoms with Crippen molar-refractivity contribution in [1.29, 1.82) is 0 Å². The smallest absolute Gasteiger partial charge is 0.254 e. The number of aromatic nitrogens is 2. The predicted molar refractivity (Wildman–Crippen MR) is 138 cm³/mol. The Bertz CT molecular complexity index is 1190. The van der Waals surface area contributed by atoms with Gasteiger partial charge < -0.3 is 19.5 Å². The van der Waals surface area contributed by atoms with E-state index in [-0.39, 0.29) is 29.7 Å². The second-order valence-electron chi connectivity index (χ2n) is 9.99. The third-order valence-corrected chi connectivity index (χ3v) is 7.53. The van der Waals surface area contributed by atoms with Crippen LogP contribution in [0.5, 0.6) is 5.75 Å². The quantitative estimate of drug-likeness (QED) is 0.557. The van der Waals surface area contributed by atoms with Gasteiger partial charge in [-0.2, -0.15) is 4.98 Å². The van der Waals surface area contributed by atoms with Crippen LogP contribution < -0.4 is 10.1 Å². The molecule has 0 unspecified atom stereocenters. The Morgan fingerprint density at radius 3 is 2.62 bits per heavy atom. The van der Waals surface area contributed by atoms with Gasteiger partial charge in [-0.1, -0.05) is 48.3 Å². The standard InChI is InChI=1S/C29H34N4O4/c1-36-23-13-11-21(12-14-23)29(35)33-16-8-3-2-7-15-30-27(34)24-18-22(19-25(24)33)28-31-26(32-37-28)17-20-9-5-4-6-10-20/h4-6,9-14,22,24-25H,2-3,7-8,15-19H2,1H3,(H,30,34)/t22-,24-,25+/m1/s1. The average Bonchev–Trinajstić information content (AvgIpc) is 3.57. The van der Waals surface area contributed by atoms with Gasteiger partial charge in [0.05, 0.1) is 13.0 Å². The molecular formula is C29H34N4O4. The highest BCUT2D eigenvalue weighted by Crippen LogP contribution is 2.41. The summed E-state index contributed by atoms with van der Waals surface area (Å²) < 4.78 is 10.9. The van der Waals surface area contributed by atoms with Crippen molar-refractivity contribution in [3.63, 3.8) is 0 Å². The van der Waals surface area contributed by atoms with Crippen molar-refractivity contribution in [2.24, 2.45) is 5.92 Å². The molecule has 8 nitrogen and oxygen atoms in total. The minimum Gasteiger partial charge on any atom is -0.497 e. The number of rotatable bonds is 5. The van der Waals surface area contributed by atoms with Gasteiger partial charge in [0, 0.05) is 37.0 Å². The van der Waals surface area contributed by atoms with E-state index in [1.165, 1.54) is 0 Å². The van der Waals surface area contributed by atoms with E-state index in [2.05, 4.69) is 15.5 Å². The molecule has 2 aliphatic rings. The van der Waals surface area contributed by atoms with Gasteiger partial charge in [0.2, 0.25) is 11.8 Å². The highest BCUT2D eigenvalue weighted by atomic mass is 16.5. The summed E-state index contributed by atoms with van der Waals surface area (Å²) in [5, 5.41) is 7.33. The number of carbonyl (C=O) groups excluding carboxylic acids is 2. The molecule has 2 amide bonds. The van der Waals surface area contributed by atoms with Gasteiger partial charge in [0.1, 0.15) is 5.75 Å². The maximum Gasteiger partial charge on any atom is 0.254 e. The summed E-state index contributed by atoms with van der Waals surface area (Å²) in [5.74, 6) is 1.43. The molecule has 3 aromatic rings. The Labute approximate surface area is 217 Å². The van der Waals surface area contributed by atoms with Crippen LogP contribution in [-0.4, -0.2) is 53.1 Å². The number of carbonyl (C=O) groups is 2. The average molecular weight is 503 g/mol. The topological polar surface area (TPSA) is 97.6 Å². The van der Waals surface area contributed by atoms with Crippen LogP contribution in [0.25, 0.3) is 0 Å². The van der Waals surface area contributed by atoms with Gasteiger partial charge in [0.25, 0.3) is 5.91 Å². The van der Waals surface area contributed by atoms with E-state index >= 15 is 0 Å². The fraction of sp³-hybridized carbons (Fsp3) is 0.448. The molecule has 2 fully saturated rings. The van der Waals surface area contributed by atoms with Gasteiger partial charge in [0.15, 0.2) is 5.82 Å². The fourth-order valence-electron chi connectivity index (χ4n) is 5.55. The monoisotopic (exact) mass is 502 g/mol. The molecule has 1 aliphatic carbocycles. The number of benzene rings is 2. The number of nitrogens with zero attached hydrogens (tertiary/aromatic N) is 3. The van der Waals surface area contributed by atoms with Crippen molar-refractivity contribution in [3.8, 4) is 5.75 Å². The van der Waals surface area contributed by atoms with Crippen LogP contribution >= 0.6 is 0 Å². The van der Waals surface area contributed by atoms with Crippen LogP contribution in [0.1, 0.15) is 72.1 Å². The second-order valence-corrected chi connectivity index (χ2v) is 9.99. The lowest BCUT2D eigenvalue weighted by Crippen LogP contribution is -2.47. The molecule has 0 spiro atoms. The second kappa shape index (κ2) is 11.6. The predicted octanol–water partition coefficient (Wildman–Crippen LogP) is 4.36. The largest absolute Gasteiger partial charge is 0.497 e. The number of nitrogens with one attached hydrogen (secondary N) is 1. The molecule has 194 valence electrons. The van der Waals surface area contributed by atoms with E-state index in [9.17, 15) is 9.59 Å². The van der Waals surface area contributed by atoms with Gasteiger partial charge in [-0.3, -0.25) is 9.59 Å². The van der Waals surface area contributed by atoms with Crippen molar-refractivity contribution in [2.75, 3.05) is 20.2 Å². The Hall–Kier alpha value is -3.68.